The highest BCUT2D eigenvalue weighted by atomic mass is 79.9. The average molecular weight is 449 g/mol. The predicted molar refractivity (Wildman–Crippen MR) is 91.7 cm³/mol. The van der Waals surface area contributed by atoms with Gasteiger partial charge in [-0.15, -0.1) is 8.78 Å². The number of halogens is 5. The Labute approximate surface area is 159 Å². The molecule has 1 unspecified atom stereocenters. The van der Waals surface area contributed by atoms with E-state index in [1.807, 2.05) is 24.3 Å². The number of rotatable bonds is 3. The monoisotopic (exact) mass is 448 g/mol. The van der Waals surface area contributed by atoms with Crippen LogP contribution in [0.15, 0.2) is 46.9 Å². The molecule has 1 heterocycles. The van der Waals surface area contributed by atoms with E-state index in [1.54, 1.807) is 6.92 Å². The molecule has 1 aliphatic heterocycles. The van der Waals surface area contributed by atoms with Gasteiger partial charge in [-0.2, -0.15) is 8.78 Å². The zero-order chi connectivity index (χ0) is 19.8. The van der Waals surface area contributed by atoms with Crippen molar-refractivity contribution in [2.24, 2.45) is 0 Å². The summed E-state index contributed by atoms with van der Waals surface area (Å²) in [6.07, 6.45) is -8.71. The summed E-state index contributed by atoms with van der Waals surface area (Å²) in [7, 11) is 0. The van der Waals surface area contributed by atoms with Crippen molar-refractivity contribution in [3.05, 3.63) is 58.1 Å². The van der Waals surface area contributed by atoms with Crippen LogP contribution in [-0.4, -0.2) is 12.3 Å². The number of urea groups is 1. The zero-order valence-electron chi connectivity index (χ0n) is 13.7. The quantitative estimate of drug-likeness (QED) is 0.623. The van der Waals surface area contributed by atoms with Crippen molar-refractivity contribution in [1.29, 1.82) is 0 Å². The molecule has 0 aliphatic carbocycles. The van der Waals surface area contributed by atoms with Crippen LogP contribution in [-0.2, 0) is 10.8 Å². The highest BCUT2D eigenvalue weighted by Gasteiger charge is 2.54. The van der Waals surface area contributed by atoms with Gasteiger partial charge in [0, 0.05) is 10.2 Å². The molecule has 2 aromatic carbocycles. The van der Waals surface area contributed by atoms with Crippen molar-refractivity contribution in [2.75, 3.05) is 5.32 Å². The van der Waals surface area contributed by atoms with E-state index < -0.39 is 29.7 Å². The minimum atomic E-state index is -4.44. The van der Waals surface area contributed by atoms with Gasteiger partial charge in [0.1, 0.15) is 5.75 Å². The van der Waals surface area contributed by atoms with Gasteiger partial charge in [-0.3, -0.25) is 0 Å². The maximum Gasteiger partial charge on any atom is 0.540 e. The van der Waals surface area contributed by atoms with Crippen LogP contribution in [0.5, 0.6) is 5.75 Å². The van der Waals surface area contributed by atoms with E-state index in [0.717, 1.165) is 22.2 Å². The molecule has 0 saturated carbocycles. The Kier molecular flexibility index (Phi) is 5.04. The van der Waals surface area contributed by atoms with Gasteiger partial charge in [-0.1, -0.05) is 28.1 Å². The smallest absolute Gasteiger partial charge is 0.409 e. The molecule has 2 N–H and O–H groups in total. The largest absolute Gasteiger partial charge is 0.540 e. The average Bonchev–Trinajstić information content (AvgIpc) is 2.54. The van der Waals surface area contributed by atoms with Crippen molar-refractivity contribution in [2.45, 2.75) is 25.4 Å². The summed E-state index contributed by atoms with van der Waals surface area (Å²) in [6, 6.07) is 9.12. The molecule has 2 aromatic rings. The van der Waals surface area contributed by atoms with E-state index in [9.17, 15) is 22.4 Å². The van der Waals surface area contributed by atoms with Crippen LogP contribution in [0, 0.1) is 0 Å². The minimum Gasteiger partial charge on any atom is -0.409 e. The molecule has 144 valence electrons. The van der Waals surface area contributed by atoms with Gasteiger partial charge in [0.15, 0.2) is 0 Å². The summed E-state index contributed by atoms with van der Waals surface area (Å²) in [5, 5.41) is 5.01. The Morgan fingerprint density at radius 2 is 1.78 bits per heavy atom. The maximum atomic E-state index is 13.8. The van der Waals surface area contributed by atoms with Gasteiger partial charge >= 0.3 is 18.4 Å². The number of carbonyl (C=O) groups excluding carboxylic acids is 1. The molecular weight excluding hydrogens is 436 g/mol. The van der Waals surface area contributed by atoms with Crippen molar-refractivity contribution < 1.29 is 31.8 Å². The molecule has 0 saturated heterocycles. The van der Waals surface area contributed by atoms with Crippen molar-refractivity contribution in [3.63, 3.8) is 0 Å². The van der Waals surface area contributed by atoms with Crippen LogP contribution in [0.2, 0.25) is 0 Å². The molecule has 0 fully saturated rings. The third-order valence-electron chi connectivity index (χ3n) is 3.74. The Balaban J connectivity index is 1.71. The summed E-state index contributed by atoms with van der Waals surface area (Å²) in [5.41, 5.74) is -0.118. The fraction of sp³-hybridized carbons (Fsp3) is 0.235. The molecule has 3 rings (SSSR count). The second kappa shape index (κ2) is 7.01. The predicted octanol–water partition coefficient (Wildman–Crippen LogP) is 5.34. The number of ether oxygens (including phenoxy) is 2. The lowest BCUT2D eigenvalue weighted by atomic mass is 10.1. The Hall–Kier alpha value is -2.33. The Morgan fingerprint density at radius 3 is 2.44 bits per heavy atom. The molecule has 0 spiro atoms. The standard InChI is InChI=1S/C17H13BrF4N2O3/c1-9(10-2-4-11(18)5-3-10)23-15(25)24-12-6-7-14-13(8-12)16(19,20)27-17(21,22)26-14/h2-9H,1H3,(H2,23,24,25). The second-order valence-corrected chi connectivity index (χ2v) is 6.68. The van der Waals surface area contributed by atoms with E-state index in [0.29, 0.717) is 0 Å². The second-order valence-electron chi connectivity index (χ2n) is 5.77. The molecule has 5 nitrogen and oxygen atoms in total. The normalized spacial score (nSPS) is 18.0. The van der Waals surface area contributed by atoms with E-state index in [1.165, 1.54) is 6.07 Å². The Bertz CT molecular complexity index is 862. The lowest BCUT2D eigenvalue weighted by molar-refractivity contribution is -0.461. The topological polar surface area (TPSA) is 59.6 Å². The fourth-order valence-corrected chi connectivity index (χ4v) is 2.74. The van der Waals surface area contributed by atoms with Gasteiger partial charge in [0.05, 0.1) is 11.6 Å². The number of carbonyl (C=O) groups is 1. The van der Waals surface area contributed by atoms with Gasteiger partial charge in [0.2, 0.25) is 0 Å². The van der Waals surface area contributed by atoms with Crippen LogP contribution in [0.1, 0.15) is 24.1 Å². The number of fused-ring (bicyclic) bond motifs is 1. The highest BCUT2D eigenvalue weighted by molar-refractivity contribution is 9.10. The summed E-state index contributed by atoms with van der Waals surface area (Å²) < 4.78 is 61.9. The summed E-state index contributed by atoms with van der Waals surface area (Å²) in [6.45, 7) is 1.74. The number of anilines is 1. The van der Waals surface area contributed by atoms with Crippen LogP contribution >= 0.6 is 15.9 Å². The number of hydrogen-bond donors (Lipinski definition) is 2. The van der Waals surface area contributed by atoms with Gasteiger partial charge in [0.25, 0.3) is 0 Å². The minimum absolute atomic E-state index is 0.0358. The SMILES string of the molecule is CC(NC(=O)Nc1ccc2c(c1)C(F)(F)OC(F)(F)O2)c1ccc(Br)cc1. The molecule has 27 heavy (non-hydrogen) atoms. The van der Waals surface area contributed by atoms with Gasteiger partial charge in [-0.25, -0.2) is 9.53 Å². The molecule has 10 heteroatoms. The molecule has 0 bridgehead atoms. The van der Waals surface area contributed by atoms with E-state index in [-0.39, 0.29) is 11.7 Å². The van der Waals surface area contributed by atoms with Crippen LogP contribution < -0.4 is 15.4 Å². The van der Waals surface area contributed by atoms with E-state index in [2.05, 4.69) is 36.0 Å². The van der Waals surface area contributed by atoms with E-state index in [4.69, 9.17) is 0 Å². The fourth-order valence-electron chi connectivity index (χ4n) is 2.48. The first-order chi connectivity index (χ1) is 12.6. The number of benzene rings is 2. The first-order valence-electron chi connectivity index (χ1n) is 7.68. The van der Waals surface area contributed by atoms with Crippen molar-refractivity contribution >= 4 is 27.6 Å². The highest BCUT2D eigenvalue weighted by Crippen LogP contribution is 2.46. The van der Waals surface area contributed by atoms with Gasteiger partial charge in [-0.05, 0) is 42.8 Å². The van der Waals surface area contributed by atoms with Crippen molar-refractivity contribution in [1.82, 2.24) is 5.32 Å². The molecule has 1 atom stereocenters. The summed E-state index contributed by atoms with van der Waals surface area (Å²) in [4.78, 5) is 12.1. The first kappa shape index (κ1) is 19.4. The van der Waals surface area contributed by atoms with E-state index >= 15 is 0 Å². The maximum absolute atomic E-state index is 13.8. The number of amides is 2. The number of alkyl halides is 4. The zero-order valence-corrected chi connectivity index (χ0v) is 15.3. The third-order valence-corrected chi connectivity index (χ3v) is 4.27. The van der Waals surface area contributed by atoms with Crippen LogP contribution in [0.4, 0.5) is 28.0 Å². The van der Waals surface area contributed by atoms with Crippen LogP contribution in [0.25, 0.3) is 0 Å². The van der Waals surface area contributed by atoms with Crippen molar-refractivity contribution in [3.8, 4) is 5.75 Å². The Morgan fingerprint density at radius 1 is 1.11 bits per heavy atom. The molecule has 1 aliphatic rings. The first-order valence-corrected chi connectivity index (χ1v) is 8.47. The molecular formula is C17H13BrF4N2O3. The molecule has 2 amide bonds. The lowest BCUT2D eigenvalue weighted by Gasteiger charge is -2.30. The summed E-state index contributed by atoms with van der Waals surface area (Å²) >= 11 is 3.31. The number of nitrogens with one attached hydrogen (secondary N) is 2. The number of hydrogen-bond acceptors (Lipinski definition) is 3. The summed E-state index contributed by atoms with van der Waals surface area (Å²) in [5.74, 6) is -0.731. The van der Waals surface area contributed by atoms with Gasteiger partial charge < -0.3 is 15.4 Å². The molecule has 0 aromatic heterocycles. The third kappa shape index (κ3) is 4.51. The molecule has 0 radical (unpaired) electrons. The van der Waals surface area contributed by atoms with Crippen LogP contribution in [0.3, 0.4) is 0 Å². The lowest BCUT2D eigenvalue weighted by Crippen LogP contribution is -2.41.